The smallest absolute Gasteiger partial charge is 0.0969 e. The summed E-state index contributed by atoms with van der Waals surface area (Å²) in [5.74, 6) is 0. The van der Waals surface area contributed by atoms with Gasteiger partial charge in [-0.25, -0.2) is 4.68 Å². The van der Waals surface area contributed by atoms with E-state index in [0.29, 0.717) is 11.6 Å². The molecule has 1 aromatic heterocycles. The fourth-order valence-corrected chi connectivity index (χ4v) is 1.85. The number of nitrogens with one attached hydrogen (secondary N) is 1. The van der Waals surface area contributed by atoms with Crippen molar-refractivity contribution in [2.24, 2.45) is 0 Å². The monoisotopic (exact) mass is 278 g/mol. The normalized spacial score (nSPS) is 11.8. The van der Waals surface area contributed by atoms with E-state index in [-0.39, 0.29) is 5.54 Å². The second-order valence-corrected chi connectivity index (χ2v) is 6.13. The number of benzene rings is 1. The molecule has 0 amide bonds. The number of hydrogen-bond donors (Lipinski definition) is 1. The second-order valence-electron chi connectivity index (χ2n) is 5.69. The Morgan fingerprint density at radius 3 is 2.74 bits per heavy atom. The number of aryl methyl sites for hydroxylation is 1. The summed E-state index contributed by atoms with van der Waals surface area (Å²) in [7, 11) is 0. The number of hydrogen-bond acceptors (Lipinski definition) is 3. The van der Waals surface area contributed by atoms with Crippen molar-refractivity contribution in [3.63, 3.8) is 0 Å². The highest BCUT2D eigenvalue weighted by atomic mass is 35.5. The molecule has 0 atom stereocenters. The van der Waals surface area contributed by atoms with E-state index >= 15 is 0 Å². The molecule has 2 rings (SSSR count). The molecule has 5 heteroatoms. The SMILES string of the molecule is Cc1ccc(Cl)cc1-n1cc(CNC(C)(C)C)nn1. The largest absolute Gasteiger partial charge is 0.306 e. The Bertz CT molecular complexity index is 569. The van der Waals surface area contributed by atoms with E-state index in [2.05, 4.69) is 36.4 Å². The van der Waals surface area contributed by atoms with E-state index in [1.54, 1.807) is 4.68 Å². The molecule has 4 nitrogen and oxygen atoms in total. The molecule has 0 aliphatic rings. The molecular formula is C14H19ClN4. The lowest BCUT2D eigenvalue weighted by molar-refractivity contribution is 0.421. The number of halogens is 1. The van der Waals surface area contributed by atoms with E-state index in [1.165, 1.54) is 0 Å². The first-order valence-corrected chi connectivity index (χ1v) is 6.66. The average molecular weight is 279 g/mol. The average Bonchev–Trinajstić information content (AvgIpc) is 2.77. The summed E-state index contributed by atoms with van der Waals surface area (Å²) in [5, 5.41) is 12.4. The molecule has 0 radical (unpaired) electrons. The molecular weight excluding hydrogens is 260 g/mol. The highest BCUT2D eigenvalue weighted by molar-refractivity contribution is 6.30. The Labute approximate surface area is 118 Å². The van der Waals surface area contributed by atoms with Gasteiger partial charge >= 0.3 is 0 Å². The fourth-order valence-electron chi connectivity index (χ4n) is 1.68. The van der Waals surface area contributed by atoms with E-state index in [9.17, 15) is 0 Å². The third-order valence-electron chi connectivity index (χ3n) is 2.76. The lowest BCUT2D eigenvalue weighted by Gasteiger charge is -2.19. The van der Waals surface area contributed by atoms with Gasteiger partial charge in [0.05, 0.1) is 17.6 Å². The molecule has 0 saturated carbocycles. The first kappa shape index (κ1) is 14.0. The van der Waals surface area contributed by atoms with Gasteiger partial charge in [-0.3, -0.25) is 0 Å². The standard InChI is InChI=1S/C14H19ClN4/c1-10-5-6-11(15)7-13(10)19-9-12(17-18-19)8-16-14(2,3)4/h5-7,9,16H,8H2,1-4H3. The summed E-state index contributed by atoms with van der Waals surface area (Å²) in [4.78, 5) is 0. The summed E-state index contributed by atoms with van der Waals surface area (Å²) in [6, 6.07) is 5.75. The third kappa shape index (κ3) is 3.78. The summed E-state index contributed by atoms with van der Waals surface area (Å²) in [5.41, 5.74) is 3.05. The molecule has 102 valence electrons. The van der Waals surface area contributed by atoms with Gasteiger partial charge in [0, 0.05) is 17.1 Å². The number of rotatable bonds is 3. The van der Waals surface area contributed by atoms with Gasteiger partial charge in [0.2, 0.25) is 0 Å². The molecule has 0 aliphatic carbocycles. The van der Waals surface area contributed by atoms with Crippen LogP contribution < -0.4 is 5.32 Å². The Morgan fingerprint density at radius 2 is 2.05 bits per heavy atom. The molecule has 2 aromatic rings. The van der Waals surface area contributed by atoms with E-state index < -0.39 is 0 Å². The van der Waals surface area contributed by atoms with E-state index in [4.69, 9.17) is 11.6 Å². The Balaban J connectivity index is 2.19. The van der Waals surface area contributed by atoms with Crippen LogP contribution in [0.1, 0.15) is 32.0 Å². The minimum atomic E-state index is 0.0652. The van der Waals surface area contributed by atoms with Gasteiger partial charge < -0.3 is 5.32 Å². The molecule has 1 aromatic carbocycles. The molecule has 0 fully saturated rings. The van der Waals surface area contributed by atoms with Gasteiger partial charge in [0.15, 0.2) is 0 Å². The van der Waals surface area contributed by atoms with Crippen molar-refractivity contribution >= 4 is 11.6 Å². The Morgan fingerprint density at radius 1 is 1.32 bits per heavy atom. The van der Waals surface area contributed by atoms with Crippen LogP contribution in [0.2, 0.25) is 5.02 Å². The predicted molar refractivity (Wildman–Crippen MR) is 77.7 cm³/mol. The summed E-state index contributed by atoms with van der Waals surface area (Å²) in [6.07, 6.45) is 1.93. The topological polar surface area (TPSA) is 42.7 Å². The number of nitrogens with zero attached hydrogens (tertiary/aromatic N) is 3. The molecule has 1 N–H and O–H groups in total. The van der Waals surface area contributed by atoms with Crippen molar-refractivity contribution < 1.29 is 0 Å². The maximum atomic E-state index is 6.02. The maximum Gasteiger partial charge on any atom is 0.0969 e. The minimum absolute atomic E-state index is 0.0652. The van der Waals surface area contributed by atoms with Crippen LogP contribution >= 0.6 is 11.6 Å². The van der Waals surface area contributed by atoms with Gasteiger partial charge in [-0.05, 0) is 45.4 Å². The molecule has 0 unspecified atom stereocenters. The maximum absolute atomic E-state index is 6.02. The van der Waals surface area contributed by atoms with Crippen molar-refractivity contribution in [3.8, 4) is 5.69 Å². The molecule has 0 bridgehead atoms. The van der Waals surface area contributed by atoms with Crippen molar-refractivity contribution in [2.75, 3.05) is 0 Å². The molecule has 1 heterocycles. The van der Waals surface area contributed by atoms with Crippen molar-refractivity contribution in [1.82, 2.24) is 20.3 Å². The van der Waals surface area contributed by atoms with Crippen LogP contribution in [0.25, 0.3) is 5.69 Å². The molecule has 0 spiro atoms. The lowest BCUT2D eigenvalue weighted by Crippen LogP contribution is -2.35. The zero-order valence-corrected chi connectivity index (χ0v) is 12.5. The zero-order valence-electron chi connectivity index (χ0n) is 11.7. The highest BCUT2D eigenvalue weighted by Gasteiger charge is 2.11. The highest BCUT2D eigenvalue weighted by Crippen LogP contribution is 2.18. The Kier molecular flexibility index (Phi) is 3.92. The third-order valence-corrected chi connectivity index (χ3v) is 2.99. The summed E-state index contributed by atoms with van der Waals surface area (Å²) >= 11 is 6.02. The van der Waals surface area contributed by atoms with E-state index in [0.717, 1.165) is 16.9 Å². The zero-order chi connectivity index (χ0) is 14.0. The lowest BCUT2D eigenvalue weighted by atomic mass is 10.1. The molecule has 0 saturated heterocycles. The second kappa shape index (κ2) is 5.31. The first-order valence-electron chi connectivity index (χ1n) is 6.28. The van der Waals surface area contributed by atoms with Crippen molar-refractivity contribution in [2.45, 2.75) is 39.8 Å². The van der Waals surface area contributed by atoms with Crippen LogP contribution in [0.3, 0.4) is 0 Å². The minimum Gasteiger partial charge on any atom is -0.306 e. The van der Waals surface area contributed by atoms with Crippen molar-refractivity contribution in [1.29, 1.82) is 0 Å². The van der Waals surface area contributed by atoms with Gasteiger partial charge in [-0.15, -0.1) is 5.10 Å². The summed E-state index contributed by atoms with van der Waals surface area (Å²) < 4.78 is 1.76. The van der Waals surface area contributed by atoms with Crippen molar-refractivity contribution in [3.05, 3.63) is 40.7 Å². The van der Waals surface area contributed by atoms with Crippen LogP contribution in [0.4, 0.5) is 0 Å². The predicted octanol–water partition coefficient (Wildman–Crippen LogP) is 3.12. The summed E-state index contributed by atoms with van der Waals surface area (Å²) in [6.45, 7) is 9.10. The number of aromatic nitrogens is 3. The Hall–Kier alpha value is -1.39. The van der Waals surface area contributed by atoms with Crippen LogP contribution in [0.15, 0.2) is 24.4 Å². The van der Waals surface area contributed by atoms with Gasteiger partial charge in [0.1, 0.15) is 0 Å². The van der Waals surface area contributed by atoms with E-state index in [1.807, 2.05) is 31.3 Å². The van der Waals surface area contributed by atoms with Crippen LogP contribution in [0, 0.1) is 6.92 Å². The van der Waals surface area contributed by atoms with Crippen LogP contribution in [-0.4, -0.2) is 20.5 Å². The van der Waals surface area contributed by atoms with Gasteiger partial charge in [-0.1, -0.05) is 22.9 Å². The fraction of sp³-hybridized carbons (Fsp3) is 0.429. The van der Waals surface area contributed by atoms with Gasteiger partial charge in [0.25, 0.3) is 0 Å². The van der Waals surface area contributed by atoms with Gasteiger partial charge in [-0.2, -0.15) is 0 Å². The molecule has 19 heavy (non-hydrogen) atoms. The van der Waals surface area contributed by atoms with Crippen LogP contribution in [-0.2, 0) is 6.54 Å². The molecule has 0 aliphatic heterocycles. The quantitative estimate of drug-likeness (QED) is 0.938. The first-order chi connectivity index (χ1) is 8.85. The van der Waals surface area contributed by atoms with Crippen LogP contribution in [0.5, 0.6) is 0 Å².